The fourth-order valence-electron chi connectivity index (χ4n) is 2.65. The smallest absolute Gasteiger partial charge is 0.256 e. The van der Waals surface area contributed by atoms with Gasteiger partial charge in [0.05, 0.1) is 5.69 Å². The van der Waals surface area contributed by atoms with Crippen molar-refractivity contribution in [1.82, 2.24) is 9.78 Å². The van der Waals surface area contributed by atoms with Gasteiger partial charge in [0.1, 0.15) is 11.7 Å². The van der Waals surface area contributed by atoms with Crippen LogP contribution in [-0.4, -0.2) is 27.8 Å². The van der Waals surface area contributed by atoms with Gasteiger partial charge in [0.15, 0.2) is 0 Å². The van der Waals surface area contributed by atoms with Gasteiger partial charge in [-0.05, 0) is 26.2 Å². The summed E-state index contributed by atoms with van der Waals surface area (Å²) in [5.74, 6) is -0.0739. The molecule has 0 saturated heterocycles. The van der Waals surface area contributed by atoms with E-state index in [4.69, 9.17) is 16.2 Å². The molecular formula is C13H22N4O2. The predicted octanol–water partition coefficient (Wildman–Crippen LogP) is 0.866. The number of nitrogens with zero attached hydrogens (tertiary/aromatic N) is 2. The lowest BCUT2D eigenvalue weighted by molar-refractivity contribution is 0.0985. The number of hydrogen-bond acceptors (Lipinski definition) is 4. The summed E-state index contributed by atoms with van der Waals surface area (Å²) in [7, 11) is 1.75. The number of carbonyl (C=O) groups excluding carboxylic acids is 1. The molecule has 0 aliphatic heterocycles. The normalized spacial score (nSPS) is 23.9. The SMILES string of the molecule is Cc1nn(C)c(OC2CCCCCC2N)c1C(N)=O. The van der Waals surface area contributed by atoms with Gasteiger partial charge in [0.2, 0.25) is 5.88 Å². The molecular weight excluding hydrogens is 244 g/mol. The van der Waals surface area contributed by atoms with Gasteiger partial charge in [-0.2, -0.15) is 5.10 Å². The van der Waals surface area contributed by atoms with Crippen molar-refractivity contribution in [1.29, 1.82) is 0 Å². The van der Waals surface area contributed by atoms with E-state index in [1.54, 1.807) is 18.7 Å². The van der Waals surface area contributed by atoms with Crippen molar-refractivity contribution in [3.63, 3.8) is 0 Å². The first-order valence-electron chi connectivity index (χ1n) is 6.76. The Bertz CT molecular complexity index is 469. The summed E-state index contributed by atoms with van der Waals surface area (Å²) in [6.45, 7) is 1.75. The Balaban J connectivity index is 2.24. The standard InChI is InChI=1S/C13H22N4O2/c1-8-11(12(15)18)13(17(2)16-8)19-10-7-5-3-4-6-9(10)14/h9-10H,3-7,14H2,1-2H3,(H2,15,18). The molecule has 2 unspecified atom stereocenters. The zero-order chi connectivity index (χ0) is 14.0. The molecule has 1 aromatic heterocycles. The van der Waals surface area contributed by atoms with Gasteiger partial charge < -0.3 is 16.2 Å². The number of aryl methyl sites for hydroxylation is 2. The molecule has 0 spiro atoms. The molecule has 1 aliphatic rings. The number of primary amides is 1. The topological polar surface area (TPSA) is 96.2 Å². The largest absolute Gasteiger partial charge is 0.472 e. The lowest BCUT2D eigenvalue weighted by atomic mass is 10.1. The van der Waals surface area contributed by atoms with E-state index in [1.807, 2.05) is 0 Å². The zero-order valence-corrected chi connectivity index (χ0v) is 11.6. The third-order valence-electron chi connectivity index (χ3n) is 3.68. The van der Waals surface area contributed by atoms with Gasteiger partial charge in [0.25, 0.3) is 5.91 Å². The summed E-state index contributed by atoms with van der Waals surface area (Å²) in [4.78, 5) is 11.5. The second-order valence-corrected chi connectivity index (χ2v) is 5.21. The molecule has 1 amide bonds. The van der Waals surface area contributed by atoms with Crippen LogP contribution in [0.1, 0.15) is 48.2 Å². The van der Waals surface area contributed by atoms with Crippen LogP contribution in [0.3, 0.4) is 0 Å². The molecule has 1 saturated carbocycles. The van der Waals surface area contributed by atoms with Crippen LogP contribution in [-0.2, 0) is 7.05 Å². The molecule has 0 aromatic carbocycles. The molecule has 4 N–H and O–H groups in total. The predicted molar refractivity (Wildman–Crippen MR) is 71.9 cm³/mol. The van der Waals surface area contributed by atoms with Crippen molar-refractivity contribution in [2.24, 2.45) is 18.5 Å². The summed E-state index contributed by atoms with van der Waals surface area (Å²) in [5.41, 5.74) is 12.5. The monoisotopic (exact) mass is 266 g/mol. The third-order valence-corrected chi connectivity index (χ3v) is 3.68. The van der Waals surface area contributed by atoms with Crippen LogP contribution >= 0.6 is 0 Å². The van der Waals surface area contributed by atoms with E-state index in [2.05, 4.69) is 5.10 Å². The highest BCUT2D eigenvalue weighted by Gasteiger charge is 2.27. The molecule has 106 valence electrons. The van der Waals surface area contributed by atoms with E-state index < -0.39 is 5.91 Å². The number of ether oxygens (including phenoxy) is 1. The van der Waals surface area contributed by atoms with E-state index in [-0.39, 0.29) is 12.1 Å². The minimum Gasteiger partial charge on any atom is -0.472 e. The highest BCUT2D eigenvalue weighted by molar-refractivity contribution is 5.96. The van der Waals surface area contributed by atoms with E-state index in [1.165, 1.54) is 6.42 Å². The van der Waals surface area contributed by atoms with Crippen LogP contribution < -0.4 is 16.2 Å². The molecule has 2 rings (SSSR count). The van der Waals surface area contributed by atoms with Crippen molar-refractivity contribution in [3.8, 4) is 5.88 Å². The molecule has 1 aliphatic carbocycles. The number of rotatable bonds is 3. The van der Waals surface area contributed by atoms with Crippen molar-refractivity contribution in [3.05, 3.63) is 11.3 Å². The Hall–Kier alpha value is -1.56. The maximum absolute atomic E-state index is 11.5. The third kappa shape index (κ3) is 2.89. The summed E-state index contributed by atoms with van der Waals surface area (Å²) < 4.78 is 7.53. The van der Waals surface area contributed by atoms with Crippen molar-refractivity contribution >= 4 is 5.91 Å². The highest BCUT2D eigenvalue weighted by Crippen LogP contribution is 2.26. The second kappa shape index (κ2) is 5.61. The van der Waals surface area contributed by atoms with Gasteiger partial charge >= 0.3 is 0 Å². The Labute approximate surface area is 113 Å². The highest BCUT2D eigenvalue weighted by atomic mass is 16.5. The Morgan fingerprint density at radius 2 is 2.05 bits per heavy atom. The van der Waals surface area contributed by atoms with Crippen LogP contribution in [0.25, 0.3) is 0 Å². The summed E-state index contributed by atoms with van der Waals surface area (Å²) in [6, 6.07) is -0.00145. The Kier molecular flexibility index (Phi) is 4.09. The molecule has 1 heterocycles. The number of carbonyl (C=O) groups is 1. The number of amides is 1. The van der Waals surface area contributed by atoms with E-state index in [9.17, 15) is 4.79 Å². The van der Waals surface area contributed by atoms with E-state index in [0.717, 1.165) is 25.7 Å². The molecule has 1 aromatic rings. The second-order valence-electron chi connectivity index (χ2n) is 5.21. The van der Waals surface area contributed by atoms with Gasteiger partial charge in [-0.3, -0.25) is 4.79 Å². The number of hydrogen-bond donors (Lipinski definition) is 2. The van der Waals surface area contributed by atoms with E-state index >= 15 is 0 Å². The first-order valence-corrected chi connectivity index (χ1v) is 6.76. The maximum Gasteiger partial charge on any atom is 0.256 e. The molecule has 0 radical (unpaired) electrons. The minimum atomic E-state index is -0.511. The van der Waals surface area contributed by atoms with Gasteiger partial charge in [-0.15, -0.1) is 0 Å². The lowest BCUT2D eigenvalue weighted by Crippen LogP contribution is -2.38. The van der Waals surface area contributed by atoms with Crippen LogP contribution in [0.2, 0.25) is 0 Å². The average Bonchev–Trinajstić information content (AvgIpc) is 2.48. The van der Waals surface area contributed by atoms with Gasteiger partial charge in [-0.25, -0.2) is 4.68 Å². The van der Waals surface area contributed by atoms with Gasteiger partial charge in [0, 0.05) is 13.1 Å². The molecule has 1 fully saturated rings. The van der Waals surface area contributed by atoms with Crippen molar-refractivity contribution in [2.75, 3.05) is 0 Å². The summed E-state index contributed by atoms with van der Waals surface area (Å²) >= 11 is 0. The van der Waals surface area contributed by atoms with Crippen LogP contribution in [0.15, 0.2) is 0 Å². The fourth-order valence-corrected chi connectivity index (χ4v) is 2.65. The maximum atomic E-state index is 11.5. The molecule has 19 heavy (non-hydrogen) atoms. The lowest BCUT2D eigenvalue weighted by Gasteiger charge is -2.23. The van der Waals surface area contributed by atoms with Crippen LogP contribution in [0.5, 0.6) is 5.88 Å². The van der Waals surface area contributed by atoms with Crippen molar-refractivity contribution < 1.29 is 9.53 Å². The molecule has 0 bridgehead atoms. The minimum absolute atomic E-state index is 0.00145. The van der Waals surface area contributed by atoms with Crippen LogP contribution in [0, 0.1) is 6.92 Å². The Morgan fingerprint density at radius 3 is 2.74 bits per heavy atom. The molecule has 2 atom stereocenters. The first-order chi connectivity index (χ1) is 9.00. The number of nitrogens with two attached hydrogens (primary N) is 2. The quantitative estimate of drug-likeness (QED) is 0.793. The van der Waals surface area contributed by atoms with E-state index in [0.29, 0.717) is 17.1 Å². The summed E-state index contributed by atoms with van der Waals surface area (Å²) in [5, 5.41) is 4.20. The van der Waals surface area contributed by atoms with Gasteiger partial charge in [-0.1, -0.05) is 12.8 Å². The number of aromatic nitrogens is 2. The van der Waals surface area contributed by atoms with Crippen LogP contribution in [0.4, 0.5) is 0 Å². The average molecular weight is 266 g/mol. The zero-order valence-electron chi connectivity index (χ0n) is 11.6. The summed E-state index contributed by atoms with van der Waals surface area (Å²) in [6.07, 6.45) is 5.20. The fraction of sp³-hybridized carbons (Fsp3) is 0.692. The molecule has 6 heteroatoms. The molecule has 6 nitrogen and oxygen atoms in total. The van der Waals surface area contributed by atoms with Crippen molar-refractivity contribution in [2.45, 2.75) is 51.2 Å². The Morgan fingerprint density at radius 1 is 1.37 bits per heavy atom. The first kappa shape index (κ1) is 13.9.